The molecule has 0 bridgehead atoms. The van der Waals surface area contributed by atoms with Crippen LogP contribution in [0.2, 0.25) is 0 Å². The molecule has 1 fully saturated rings. The van der Waals surface area contributed by atoms with Crippen molar-refractivity contribution in [2.45, 2.75) is 31.7 Å². The van der Waals surface area contributed by atoms with Gasteiger partial charge < -0.3 is 11.1 Å². The second-order valence-electron chi connectivity index (χ2n) is 4.46. The largest absolute Gasteiger partial charge is 0.385 e. The second-order valence-corrected chi connectivity index (χ2v) is 4.46. The van der Waals surface area contributed by atoms with E-state index in [0.717, 1.165) is 6.54 Å². The zero-order chi connectivity index (χ0) is 10.5. The first-order chi connectivity index (χ1) is 7.36. The molecule has 2 atom stereocenters. The van der Waals surface area contributed by atoms with Crippen LogP contribution in [0.1, 0.15) is 25.7 Å². The van der Waals surface area contributed by atoms with Gasteiger partial charge in [-0.1, -0.05) is 31.0 Å². The van der Waals surface area contributed by atoms with Gasteiger partial charge in [-0.2, -0.15) is 0 Å². The van der Waals surface area contributed by atoms with Gasteiger partial charge >= 0.3 is 0 Å². The van der Waals surface area contributed by atoms with Crippen molar-refractivity contribution in [2.75, 3.05) is 11.9 Å². The Hall–Kier alpha value is -1.02. The molecule has 2 rings (SSSR count). The first-order valence-electron chi connectivity index (χ1n) is 5.91. The summed E-state index contributed by atoms with van der Waals surface area (Å²) in [5.41, 5.74) is 7.31. The molecular weight excluding hydrogens is 184 g/mol. The minimum absolute atomic E-state index is 0.398. The average Bonchev–Trinajstić information content (AvgIpc) is 2.29. The van der Waals surface area contributed by atoms with Gasteiger partial charge in [0.15, 0.2) is 0 Å². The molecule has 1 aliphatic rings. The first kappa shape index (κ1) is 10.5. The summed E-state index contributed by atoms with van der Waals surface area (Å²) in [6, 6.07) is 10.8. The molecule has 15 heavy (non-hydrogen) atoms. The lowest BCUT2D eigenvalue weighted by molar-refractivity contribution is 0.321. The van der Waals surface area contributed by atoms with E-state index in [9.17, 15) is 0 Å². The minimum Gasteiger partial charge on any atom is -0.385 e. The smallest absolute Gasteiger partial charge is 0.0340 e. The molecule has 82 valence electrons. The topological polar surface area (TPSA) is 38.0 Å². The molecule has 0 amide bonds. The monoisotopic (exact) mass is 204 g/mol. The molecule has 0 heterocycles. The van der Waals surface area contributed by atoms with Crippen LogP contribution in [0.5, 0.6) is 0 Å². The Bertz CT molecular complexity index is 284. The van der Waals surface area contributed by atoms with Crippen LogP contribution in [-0.4, -0.2) is 12.6 Å². The van der Waals surface area contributed by atoms with Crippen LogP contribution >= 0.6 is 0 Å². The Kier molecular flexibility index (Phi) is 3.62. The predicted octanol–water partition coefficient (Wildman–Crippen LogP) is 2.62. The maximum atomic E-state index is 6.10. The van der Waals surface area contributed by atoms with E-state index in [4.69, 9.17) is 5.73 Å². The van der Waals surface area contributed by atoms with Crippen LogP contribution < -0.4 is 11.1 Å². The zero-order valence-electron chi connectivity index (χ0n) is 9.15. The second kappa shape index (κ2) is 5.17. The Labute approximate surface area is 91.9 Å². The third-order valence-electron chi connectivity index (χ3n) is 3.31. The lowest BCUT2D eigenvalue weighted by Crippen LogP contribution is -2.37. The van der Waals surface area contributed by atoms with Crippen LogP contribution in [0, 0.1) is 5.92 Å². The molecule has 0 unspecified atom stereocenters. The molecule has 1 aromatic carbocycles. The molecule has 3 N–H and O–H groups in total. The third-order valence-corrected chi connectivity index (χ3v) is 3.31. The van der Waals surface area contributed by atoms with Crippen molar-refractivity contribution >= 4 is 5.69 Å². The number of hydrogen-bond acceptors (Lipinski definition) is 2. The van der Waals surface area contributed by atoms with Crippen LogP contribution in [0.3, 0.4) is 0 Å². The molecule has 1 aromatic rings. The first-order valence-corrected chi connectivity index (χ1v) is 5.91. The minimum atomic E-state index is 0.398. The summed E-state index contributed by atoms with van der Waals surface area (Å²) in [5.74, 6) is 0.652. The van der Waals surface area contributed by atoms with Crippen LogP contribution in [-0.2, 0) is 0 Å². The predicted molar refractivity (Wildman–Crippen MR) is 64.9 cm³/mol. The Balaban J connectivity index is 1.82. The van der Waals surface area contributed by atoms with Gasteiger partial charge in [0, 0.05) is 18.3 Å². The number of anilines is 1. The SMILES string of the molecule is N[C@H]1CCCC[C@H]1CNc1ccccc1. The van der Waals surface area contributed by atoms with E-state index in [2.05, 4.69) is 29.6 Å². The lowest BCUT2D eigenvalue weighted by atomic mass is 9.85. The fourth-order valence-corrected chi connectivity index (χ4v) is 2.29. The van der Waals surface area contributed by atoms with Crippen molar-refractivity contribution in [1.82, 2.24) is 0 Å². The molecule has 0 saturated heterocycles. The Morgan fingerprint density at radius 3 is 2.60 bits per heavy atom. The summed E-state index contributed by atoms with van der Waals surface area (Å²) < 4.78 is 0. The standard InChI is InChI=1S/C13H20N2/c14-13-9-5-4-6-11(13)10-15-12-7-2-1-3-8-12/h1-3,7-8,11,13,15H,4-6,9-10,14H2/t11-,13-/m0/s1. The highest BCUT2D eigenvalue weighted by Gasteiger charge is 2.20. The highest BCUT2D eigenvalue weighted by atomic mass is 14.9. The Morgan fingerprint density at radius 1 is 1.13 bits per heavy atom. The van der Waals surface area contributed by atoms with Gasteiger partial charge in [-0.25, -0.2) is 0 Å². The van der Waals surface area contributed by atoms with Gasteiger partial charge in [-0.3, -0.25) is 0 Å². The van der Waals surface area contributed by atoms with E-state index in [1.54, 1.807) is 0 Å². The van der Waals surface area contributed by atoms with Crippen LogP contribution in [0.15, 0.2) is 30.3 Å². The Morgan fingerprint density at radius 2 is 1.87 bits per heavy atom. The van der Waals surface area contributed by atoms with Crippen molar-refractivity contribution in [3.05, 3.63) is 30.3 Å². The van der Waals surface area contributed by atoms with Gasteiger partial charge in [0.05, 0.1) is 0 Å². The third kappa shape index (κ3) is 2.96. The molecule has 0 radical (unpaired) electrons. The number of benzene rings is 1. The maximum Gasteiger partial charge on any atom is 0.0340 e. The zero-order valence-corrected chi connectivity index (χ0v) is 9.15. The van der Waals surface area contributed by atoms with E-state index in [1.165, 1.54) is 31.4 Å². The molecule has 0 aromatic heterocycles. The summed E-state index contributed by atoms with van der Waals surface area (Å²) in [6.45, 7) is 1.02. The molecule has 2 heteroatoms. The summed E-state index contributed by atoms with van der Waals surface area (Å²) in [7, 11) is 0. The number of nitrogens with one attached hydrogen (secondary N) is 1. The lowest BCUT2D eigenvalue weighted by Gasteiger charge is -2.28. The van der Waals surface area contributed by atoms with Crippen molar-refractivity contribution < 1.29 is 0 Å². The quantitative estimate of drug-likeness (QED) is 0.794. The van der Waals surface area contributed by atoms with E-state index in [-0.39, 0.29) is 0 Å². The number of para-hydroxylation sites is 1. The van der Waals surface area contributed by atoms with Gasteiger partial charge in [-0.15, -0.1) is 0 Å². The van der Waals surface area contributed by atoms with Crippen LogP contribution in [0.25, 0.3) is 0 Å². The molecule has 2 nitrogen and oxygen atoms in total. The molecule has 0 aliphatic heterocycles. The van der Waals surface area contributed by atoms with E-state index in [1.807, 2.05) is 6.07 Å². The highest BCUT2D eigenvalue weighted by Crippen LogP contribution is 2.23. The summed E-state index contributed by atoms with van der Waals surface area (Å²) >= 11 is 0. The van der Waals surface area contributed by atoms with Gasteiger partial charge in [0.25, 0.3) is 0 Å². The van der Waals surface area contributed by atoms with Crippen LogP contribution in [0.4, 0.5) is 5.69 Å². The fourth-order valence-electron chi connectivity index (χ4n) is 2.29. The van der Waals surface area contributed by atoms with E-state index < -0.39 is 0 Å². The summed E-state index contributed by atoms with van der Waals surface area (Å²) in [6.07, 6.45) is 5.12. The van der Waals surface area contributed by atoms with Crippen molar-refractivity contribution in [1.29, 1.82) is 0 Å². The van der Waals surface area contributed by atoms with E-state index in [0.29, 0.717) is 12.0 Å². The fraction of sp³-hybridized carbons (Fsp3) is 0.538. The van der Waals surface area contributed by atoms with Crippen molar-refractivity contribution in [3.8, 4) is 0 Å². The van der Waals surface area contributed by atoms with Gasteiger partial charge in [0.2, 0.25) is 0 Å². The van der Waals surface area contributed by atoms with E-state index >= 15 is 0 Å². The highest BCUT2D eigenvalue weighted by molar-refractivity contribution is 5.42. The summed E-state index contributed by atoms with van der Waals surface area (Å²) in [4.78, 5) is 0. The molecular formula is C13H20N2. The summed E-state index contributed by atoms with van der Waals surface area (Å²) in [5, 5.41) is 3.46. The van der Waals surface area contributed by atoms with Gasteiger partial charge in [-0.05, 0) is 30.9 Å². The maximum absolute atomic E-state index is 6.10. The average molecular weight is 204 g/mol. The molecule has 0 spiro atoms. The van der Waals surface area contributed by atoms with Crippen molar-refractivity contribution in [3.63, 3.8) is 0 Å². The number of hydrogen-bond donors (Lipinski definition) is 2. The number of nitrogens with two attached hydrogens (primary N) is 1. The van der Waals surface area contributed by atoms with Gasteiger partial charge in [0.1, 0.15) is 0 Å². The molecule has 1 saturated carbocycles. The molecule has 1 aliphatic carbocycles. The number of rotatable bonds is 3. The normalized spacial score (nSPS) is 26.2. The van der Waals surface area contributed by atoms with Crippen molar-refractivity contribution in [2.24, 2.45) is 11.7 Å².